The van der Waals surface area contributed by atoms with Crippen molar-refractivity contribution in [2.45, 2.75) is 18.0 Å². The van der Waals surface area contributed by atoms with Gasteiger partial charge in [-0.15, -0.1) is 6.58 Å². The number of halogens is 4. The van der Waals surface area contributed by atoms with E-state index in [1.165, 1.54) is 17.0 Å². The van der Waals surface area contributed by atoms with E-state index in [1.54, 1.807) is 31.3 Å². The normalized spacial score (nSPS) is 19.9. The van der Waals surface area contributed by atoms with Crippen LogP contribution in [0.4, 0.5) is 18.9 Å². The molecule has 0 saturated heterocycles. The molecule has 130 valence electrons. The molecule has 1 aliphatic heterocycles. The molecule has 2 aromatic rings. The number of nitrogens with zero attached hydrogens (tertiary/aromatic N) is 1. The fraction of sp³-hybridized carbons (Fsp3) is 0.211. The lowest BCUT2D eigenvalue weighted by Crippen LogP contribution is -2.39. The molecule has 0 N–H and O–H groups in total. The van der Waals surface area contributed by atoms with Crippen LogP contribution in [0.15, 0.2) is 55.1 Å². The molecule has 0 aromatic heterocycles. The van der Waals surface area contributed by atoms with Gasteiger partial charge in [-0.05, 0) is 41.8 Å². The zero-order valence-corrected chi connectivity index (χ0v) is 14.2. The second-order valence-corrected chi connectivity index (χ2v) is 6.44. The largest absolute Gasteiger partial charge is 0.416 e. The highest BCUT2D eigenvalue weighted by atomic mass is 35.5. The third-order valence-electron chi connectivity index (χ3n) is 4.61. The van der Waals surface area contributed by atoms with Crippen molar-refractivity contribution in [2.24, 2.45) is 0 Å². The van der Waals surface area contributed by atoms with Gasteiger partial charge in [0.15, 0.2) is 0 Å². The lowest BCUT2D eigenvalue weighted by atomic mass is 9.72. The summed E-state index contributed by atoms with van der Waals surface area (Å²) in [4.78, 5) is 14.6. The number of carbonyl (C=O) groups excluding carboxylic acids is 1. The van der Waals surface area contributed by atoms with Crippen LogP contribution in [-0.4, -0.2) is 13.0 Å². The highest BCUT2D eigenvalue weighted by molar-refractivity contribution is 6.31. The molecule has 1 heterocycles. The van der Waals surface area contributed by atoms with Crippen molar-refractivity contribution < 1.29 is 18.0 Å². The summed E-state index contributed by atoms with van der Waals surface area (Å²) >= 11 is 6.04. The molecule has 25 heavy (non-hydrogen) atoms. The number of hydrogen-bond donors (Lipinski definition) is 0. The van der Waals surface area contributed by atoms with Crippen LogP contribution in [-0.2, 0) is 16.4 Å². The van der Waals surface area contributed by atoms with E-state index < -0.39 is 17.2 Å². The van der Waals surface area contributed by atoms with E-state index in [1.807, 2.05) is 0 Å². The Hall–Kier alpha value is -2.27. The van der Waals surface area contributed by atoms with Crippen LogP contribution < -0.4 is 4.90 Å². The van der Waals surface area contributed by atoms with Gasteiger partial charge < -0.3 is 4.90 Å². The molecule has 1 amide bonds. The van der Waals surface area contributed by atoms with Crippen molar-refractivity contribution in [2.75, 3.05) is 11.9 Å². The first kappa shape index (κ1) is 17.5. The summed E-state index contributed by atoms with van der Waals surface area (Å²) in [7, 11) is 1.63. The quantitative estimate of drug-likeness (QED) is 0.685. The molecule has 0 aliphatic carbocycles. The Bertz CT molecular complexity index is 845. The highest BCUT2D eigenvalue weighted by Crippen LogP contribution is 2.49. The van der Waals surface area contributed by atoms with Gasteiger partial charge in [-0.3, -0.25) is 4.79 Å². The second-order valence-electron chi connectivity index (χ2n) is 6.00. The molecule has 0 radical (unpaired) electrons. The van der Waals surface area contributed by atoms with Gasteiger partial charge in [-0.2, -0.15) is 13.2 Å². The van der Waals surface area contributed by atoms with Crippen molar-refractivity contribution in [1.82, 2.24) is 0 Å². The van der Waals surface area contributed by atoms with Crippen LogP contribution in [0, 0.1) is 0 Å². The lowest BCUT2D eigenvalue weighted by molar-refractivity contribution is -0.137. The van der Waals surface area contributed by atoms with Gasteiger partial charge in [0.1, 0.15) is 5.41 Å². The van der Waals surface area contributed by atoms with Gasteiger partial charge in [-0.25, -0.2) is 0 Å². The summed E-state index contributed by atoms with van der Waals surface area (Å²) in [5, 5.41) is 0.486. The van der Waals surface area contributed by atoms with Gasteiger partial charge in [0, 0.05) is 17.8 Å². The Morgan fingerprint density at radius 1 is 1.20 bits per heavy atom. The molecular weight excluding hydrogens is 351 g/mol. The minimum atomic E-state index is -4.42. The molecule has 0 bridgehead atoms. The first-order valence-electron chi connectivity index (χ1n) is 7.58. The standard InChI is InChI=1S/C19H15ClF3NO/c1-3-10-18(12-4-6-13(7-5-12)19(21,22)23)15-9-8-14(20)11-16(15)24(2)17(18)25/h3-9,11H,1,10H2,2H3/t18-/m0/s1. The van der Waals surface area contributed by atoms with Crippen molar-refractivity contribution in [1.29, 1.82) is 0 Å². The van der Waals surface area contributed by atoms with Crippen LogP contribution in [0.5, 0.6) is 0 Å². The van der Waals surface area contributed by atoms with Crippen LogP contribution in [0.2, 0.25) is 5.02 Å². The topological polar surface area (TPSA) is 20.3 Å². The van der Waals surface area contributed by atoms with Crippen molar-refractivity contribution in [3.8, 4) is 0 Å². The maximum Gasteiger partial charge on any atom is 0.416 e. The molecule has 3 rings (SSSR count). The molecule has 6 heteroatoms. The molecule has 2 aromatic carbocycles. The molecule has 0 saturated carbocycles. The Morgan fingerprint density at radius 2 is 1.84 bits per heavy atom. The molecular formula is C19H15ClF3NO. The first-order chi connectivity index (χ1) is 11.7. The minimum absolute atomic E-state index is 0.218. The molecule has 0 unspecified atom stereocenters. The highest BCUT2D eigenvalue weighted by Gasteiger charge is 2.50. The molecule has 2 nitrogen and oxygen atoms in total. The predicted octanol–water partition coefficient (Wildman–Crippen LogP) is 5.20. The van der Waals surface area contributed by atoms with Crippen LogP contribution in [0.1, 0.15) is 23.1 Å². The molecule has 1 atom stereocenters. The summed E-state index contributed by atoms with van der Waals surface area (Å²) in [5.74, 6) is -0.218. The number of hydrogen-bond acceptors (Lipinski definition) is 1. The number of anilines is 1. The summed E-state index contributed by atoms with van der Waals surface area (Å²) < 4.78 is 38.6. The number of carbonyl (C=O) groups is 1. The number of likely N-dealkylation sites (N-methyl/N-ethyl adjacent to an activating group) is 1. The van der Waals surface area contributed by atoms with E-state index in [4.69, 9.17) is 11.6 Å². The van der Waals surface area contributed by atoms with E-state index in [0.29, 0.717) is 21.8 Å². The number of allylic oxidation sites excluding steroid dienone is 1. The Balaban J connectivity index is 2.22. The van der Waals surface area contributed by atoms with Gasteiger partial charge in [0.2, 0.25) is 5.91 Å². The third-order valence-corrected chi connectivity index (χ3v) is 4.84. The van der Waals surface area contributed by atoms with Gasteiger partial charge >= 0.3 is 6.18 Å². The van der Waals surface area contributed by atoms with Crippen LogP contribution >= 0.6 is 11.6 Å². The maximum atomic E-state index is 13.1. The first-order valence-corrected chi connectivity index (χ1v) is 7.96. The summed E-state index contributed by atoms with van der Waals surface area (Å²) in [6.07, 6.45) is -2.55. The number of amides is 1. The van der Waals surface area contributed by atoms with Gasteiger partial charge in [0.05, 0.1) is 5.56 Å². The molecule has 1 aliphatic rings. The smallest absolute Gasteiger partial charge is 0.314 e. The average molecular weight is 366 g/mol. The predicted molar refractivity (Wildman–Crippen MR) is 91.9 cm³/mol. The minimum Gasteiger partial charge on any atom is -0.314 e. The van der Waals surface area contributed by atoms with Gasteiger partial charge in [-0.1, -0.05) is 35.9 Å². The monoisotopic (exact) mass is 365 g/mol. The molecule has 0 fully saturated rings. The van der Waals surface area contributed by atoms with E-state index in [2.05, 4.69) is 6.58 Å². The lowest BCUT2D eigenvalue weighted by Gasteiger charge is -2.28. The zero-order valence-electron chi connectivity index (χ0n) is 13.4. The Labute approximate surface area is 148 Å². The number of alkyl halides is 3. The van der Waals surface area contributed by atoms with E-state index in [9.17, 15) is 18.0 Å². The summed E-state index contributed by atoms with van der Waals surface area (Å²) in [6.45, 7) is 3.72. The fourth-order valence-corrected chi connectivity index (χ4v) is 3.57. The fourth-order valence-electron chi connectivity index (χ4n) is 3.41. The number of rotatable bonds is 3. The van der Waals surface area contributed by atoms with E-state index in [0.717, 1.165) is 12.1 Å². The summed E-state index contributed by atoms with van der Waals surface area (Å²) in [5.41, 5.74) is 0.0161. The zero-order chi connectivity index (χ0) is 18.4. The average Bonchev–Trinajstić information content (AvgIpc) is 2.77. The Morgan fingerprint density at radius 3 is 2.40 bits per heavy atom. The number of benzene rings is 2. The van der Waals surface area contributed by atoms with Crippen molar-refractivity contribution >= 4 is 23.2 Å². The number of fused-ring (bicyclic) bond motifs is 1. The van der Waals surface area contributed by atoms with E-state index >= 15 is 0 Å². The van der Waals surface area contributed by atoms with Crippen molar-refractivity contribution in [3.63, 3.8) is 0 Å². The maximum absolute atomic E-state index is 13.1. The third kappa shape index (κ3) is 2.63. The Kier molecular flexibility index (Phi) is 4.15. The van der Waals surface area contributed by atoms with Gasteiger partial charge in [0.25, 0.3) is 0 Å². The van der Waals surface area contributed by atoms with Crippen LogP contribution in [0.25, 0.3) is 0 Å². The second kappa shape index (κ2) is 5.92. The van der Waals surface area contributed by atoms with E-state index in [-0.39, 0.29) is 12.3 Å². The van der Waals surface area contributed by atoms with Crippen molar-refractivity contribution in [3.05, 3.63) is 76.8 Å². The SMILES string of the molecule is C=CC[C@@]1(c2ccc(C(F)(F)F)cc2)C(=O)N(C)c2cc(Cl)ccc21. The molecule has 0 spiro atoms. The van der Waals surface area contributed by atoms with Crippen LogP contribution in [0.3, 0.4) is 0 Å². The summed E-state index contributed by atoms with van der Waals surface area (Å²) in [6, 6.07) is 9.84.